The smallest absolute Gasteiger partial charge is 0.320 e. The quantitative estimate of drug-likeness (QED) is 0.687. The highest BCUT2D eigenvalue weighted by Crippen LogP contribution is 2.54. The van der Waals surface area contributed by atoms with Crippen LogP contribution in [0.25, 0.3) is 0 Å². The first-order chi connectivity index (χ1) is 7.41. The highest BCUT2D eigenvalue weighted by molar-refractivity contribution is 5.72. The van der Waals surface area contributed by atoms with Gasteiger partial charge in [0, 0.05) is 13.1 Å². The van der Waals surface area contributed by atoms with Gasteiger partial charge in [-0.05, 0) is 45.1 Å². The molecule has 0 amide bonds. The fraction of sp³-hybridized carbons (Fsp3) is 0.917. The van der Waals surface area contributed by atoms with Gasteiger partial charge in [-0.2, -0.15) is 0 Å². The summed E-state index contributed by atoms with van der Waals surface area (Å²) in [6, 6.07) is 0. The molecule has 4 nitrogen and oxygen atoms in total. The topological polar surface area (TPSA) is 50.4 Å². The maximum absolute atomic E-state index is 11.5. The van der Waals surface area contributed by atoms with Crippen LogP contribution < -0.4 is 10.6 Å². The second-order valence-corrected chi connectivity index (χ2v) is 6.08. The number of esters is 1. The zero-order valence-electron chi connectivity index (χ0n) is 10.4. The van der Waals surface area contributed by atoms with E-state index in [1.807, 2.05) is 20.8 Å². The summed E-state index contributed by atoms with van der Waals surface area (Å²) in [7, 11) is 0. The molecule has 1 heterocycles. The second kappa shape index (κ2) is 4.00. The van der Waals surface area contributed by atoms with Crippen LogP contribution in [0.5, 0.6) is 0 Å². The first kappa shape index (κ1) is 11.9. The minimum Gasteiger partial charge on any atom is -0.459 e. The molecule has 2 aliphatic rings. The van der Waals surface area contributed by atoms with Gasteiger partial charge in [-0.1, -0.05) is 0 Å². The van der Waals surface area contributed by atoms with E-state index in [-0.39, 0.29) is 11.6 Å². The highest BCUT2D eigenvalue weighted by Gasteiger charge is 2.56. The highest BCUT2D eigenvalue weighted by atomic mass is 16.6. The third-order valence-corrected chi connectivity index (χ3v) is 3.39. The van der Waals surface area contributed by atoms with Crippen LogP contribution in [0.3, 0.4) is 0 Å². The molecule has 1 aliphatic heterocycles. The van der Waals surface area contributed by atoms with Crippen molar-refractivity contribution in [1.82, 2.24) is 10.6 Å². The van der Waals surface area contributed by atoms with E-state index in [0.717, 1.165) is 25.6 Å². The lowest BCUT2D eigenvalue weighted by atomic mass is 10.1. The van der Waals surface area contributed by atoms with Crippen LogP contribution in [0.4, 0.5) is 0 Å². The Bertz CT molecular complexity index is 285. The lowest BCUT2D eigenvalue weighted by Crippen LogP contribution is -2.35. The fourth-order valence-electron chi connectivity index (χ4n) is 2.50. The van der Waals surface area contributed by atoms with E-state index >= 15 is 0 Å². The fourth-order valence-corrected chi connectivity index (χ4v) is 2.50. The number of piperidine rings is 1. The maximum atomic E-state index is 11.5. The number of hydrogen-bond donors (Lipinski definition) is 2. The predicted molar refractivity (Wildman–Crippen MR) is 62.1 cm³/mol. The Kier molecular flexibility index (Phi) is 2.97. The minimum atomic E-state index is -0.381. The van der Waals surface area contributed by atoms with Crippen molar-refractivity contribution in [3.8, 4) is 0 Å². The number of nitrogens with one attached hydrogen (secondary N) is 2. The van der Waals surface area contributed by atoms with Gasteiger partial charge in [0.05, 0.1) is 6.54 Å². The molecule has 2 fully saturated rings. The van der Waals surface area contributed by atoms with Crippen LogP contribution in [0, 0.1) is 11.3 Å². The van der Waals surface area contributed by atoms with E-state index in [4.69, 9.17) is 4.74 Å². The minimum absolute atomic E-state index is 0.160. The normalized spacial score (nSPS) is 32.3. The molecule has 16 heavy (non-hydrogen) atoms. The van der Waals surface area contributed by atoms with Crippen molar-refractivity contribution in [1.29, 1.82) is 0 Å². The molecule has 2 rings (SSSR count). The Morgan fingerprint density at radius 1 is 1.56 bits per heavy atom. The van der Waals surface area contributed by atoms with Crippen LogP contribution in [-0.4, -0.2) is 37.7 Å². The molecule has 2 unspecified atom stereocenters. The molecule has 2 N–H and O–H groups in total. The molecule has 0 bridgehead atoms. The van der Waals surface area contributed by atoms with Gasteiger partial charge in [0.1, 0.15) is 5.60 Å². The zero-order valence-corrected chi connectivity index (χ0v) is 10.4. The SMILES string of the molecule is CC(C)(C)OC(=O)CNCC12CNCC1C2. The summed E-state index contributed by atoms with van der Waals surface area (Å²) in [6.07, 6.45) is 1.31. The summed E-state index contributed by atoms with van der Waals surface area (Å²) in [5.74, 6) is 0.672. The van der Waals surface area contributed by atoms with Crippen molar-refractivity contribution in [3.05, 3.63) is 0 Å². The maximum Gasteiger partial charge on any atom is 0.320 e. The molecule has 2 atom stereocenters. The van der Waals surface area contributed by atoms with Crippen LogP contribution in [0.2, 0.25) is 0 Å². The van der Waals surface area contributed by atoms with Crippen LogP contribution in [0.1, 0.15) is 27.2 Å². The monoisotopic (exact) mass is 226 g/mol. The number of fused-ring (bicyclic) bond motifs is 1. The van der Waals surface area contributed by atoms with E-state index in [1.54, 1.807) is 0 Å². The molecular weight excluding hydrogens is 204 g/mol. The van der Waals surface area contributed by atoms with Crippen molar-refractivity contribution in [2.75, 3.05) is 26.2 Å². The number of rotatable bonds is 4. The Morgan fingerprint density at radius 3 is 2.81 bits per heavy atom. The first-order valence-corrected chi connectivity index (χ1v) is 6.05. The number of hydrogen-bond acceptors (Lipinski definition) is 4. The zero-order chi connectivity index (χ0) is 11.8. The van der Waals surface area contributed by atoms with Crippen molar-refractivity contribution < 1.29 is 9.53 Å². The molecule has 1 saturated carbocycles. The molecule has 1 aliphatic carbocycles. The summed E-state index contributed by atoms with van der Waals surface area (Å²) < 4.78 is 5.23. The van der Waals surface area contributed by atoms with Gasteiger partial charge in [0.25, 0.3) is 0 Å². The molecule has 0 radical (unpaired) electrons. The van der Waals surface area contributed by atoms with Crippen molar-refractivity contribution in [2.24, 2.45) is 11.3 Å². The van der Waals surface area contributed by atoms with Crippen LogP contribution in [0.15, 0.2) is 0 Å². The van der Waals surface area contributed by atoms with Gasteiger partial charge in [-0.25, -0.2) is 0 Å². The van der Waals surface area contributed by atoms with Crippen molar-refractivity contribution in [3.63, 3.8) is 0 Å². The third kappa shape index (κ3) is 2.74. The molecule has 0 aromatic rings. The van der Waals surface area contributed by atoms with Crippen molar-refractivity contribution in [2.45, 2.75) is 32.8 Å². The Balaban J connectivity index is 1.63. The molecule has 4 heteroatoms. The van der Waals surface area contributed by atoms with Gasteiger partial charge in [0.2, 0.25) is 0 Å². The second-order valence-electron chi connectivity index (χ2n) is 6.08. The lowest BCUT2D eigenvalue weighted by Gasteiger charge is -2.20. The van der Waals surface area contributed by atoms with Crippen LogP contribution in [-0.2, 0) is 9.53 Å². The van der Waals surface area contributed by atoms with E-state index < -0.39 is 0 Å². The number of carbonyl (C=O) groups is 1. The van der Waals surface area contributed by atoms with E-state index in [1.165, 1.54) is 6.42 Å². The van der Waals surface area contributed by atoms with Gasteiger partial charge in [-0.15, -0.1) is 0 Å². The lowest BCUT2D eigenvalue weighted by molar-refractivity contribution is -0.153. The average molecular weight is 226 g/mol. The Morgan fingerprint density at radius 2 is 2.31 bits per heavy atom. The predicted octanol–water partition coefficient (Wildman–Crippen LogP) is 0.527. The van der Waals surface area contributed by atoms with Gasteiger partial charge in [-0.3, -0.25) is 4.79 Å². The molecule has 0 aromatic carbocycles. The summed E-state index contributed by atoms with van der Waals surface area (Å²) in [5, 5.41) is 6.60. The Hall–Kier alpha value is -0.610. The molecule has 92 valence electrons. The third-order valence-electron chi connectivity index (χ3n) is 3.39. The summed E-state index contributed by atoms with van der Waals surface area (Å²) >= 11 is 0. The summed E-state index contributed by atoms with van der Waals surface area (Å²) in [6.45, 7) is 9.17. The summed E-state index contributed by atoms with van der Waals surface area (Å²) in [5.41, 5.74) is 0.0656. The van der Waals surface area contributed by atoms with E-state index in [0.29, 0.717) is 12.0 Å². The number of carbonyl (C=O) groups excluding carboxylic acids is 1. The standard InChI is InChI=1S/C12H22N2O2/c1-11(2,3)16-10(15)6-14-8-12-4-9(12)5-13-7-12/h9,13-14H,4-8H2,1-3H3. The van der Waals surface area contributed by atoms with E-state index in [9.17, 15) is 4.79 Å². The van der Waals surface area contributed by atoms with Crippen LogP contribution >= 0.6 is 0 Å². The largest absolute Gasteiger partial charge is 0.459 e. The van der Waals surface area contributed by atoms with Gasteiger partial charge in [0.15, 0.2) is 0 Å². The van der Waals surface area contributed by atoms with Gasteiger partial charge >= 0.3 is 5.97 Å². The van der Waals surface area contributed by atoms with E-state index in [2.05, 4.69) is 10.6 Å². The molecule has 0 aromatic heterocycles. The average Bonchev–Trinajstić information content (AvgIpc) is 2.65. The summed E-state index contributed by atoms with van der Waals surface area (Å²) in [4.78, 5) is 11.5. The first-order valence-electron chi connectivity index (χ1n) is 6.05. The molecule has 1 saturated heterocycles. The molecule has 0 spiro atoms. The number of ether oxygens (including phenoxy) is 1. The van der Waals surface area contributed by atoms with Gasteiger partial charge < -0.3 is 15.4 Å². The Labute approximate surface area is 97.1 Å². The van der Waals surface area contributed by atoms with Crippen molar-refractivity contribution >= 4 is 5.97 Å². The molecular formula is C12H22N2O2.